The minimum Gasteiger partial charge on any atom is -0.503 e. The summed E-state index contributed by atoms with van der Waals surface area (Å²) in [6.45, 7) is 0. The van der Waals surface area contributed by atoms with Crippen molar-refractivity contribution < 1.29 is 14.6 Å². The number of primary amides is 1. The van der Waals surface area contributed by atoms with Crippen LogP contribution < -0.4 is 15.9 Å². The molecule has 2 amide bonds. The lowest BCUT2D eigenvalue weighted by Crippen LogP contribution is -2.24. The molecule has 1 rings (SSSR count). The molecule has 92 valence electrons. The molecule has 1 aromatic carbocycles. The first kappa shape index (κ1) is 13.6. The topological polar surface area (TPSA) is 96.9 Å². The van der Waals surface area contributed by atoms with Crippen molar-refractivity contribution in [2.24, 2.45) is 10.8 Å². The van der Waals surface area contributed by atoms with Gasteiger partial charge in [0.1, 0.15) is 0 Å². The van der Waals surface area contributed by atoms with Gasteiger partial charge in [-0.25, -0.2) is 10.2 Å². The fraction of sp³-hybridized carbons (Fsp3) is 0.111. The summed E-state index contributed by atoms with van der Waals surface area (Å²) in [6, 6.07) is 0.677. The number of rotatable bonds is 3. The first-order chi connectivity index (χ1) is 7.97. The Morgan fingerprint density at radius 1 is 1.76 bits per heavy atom. The highest BCUT2D eigenvalue weighted by atomic mass is 79.9. The molecule has 0 fully saturated rings. The number of carbonyl (C=O) groups is 1. The van der Waals surface area contributed by atoms with Gasteiger partial charge in [-0.1, -0.05) is 11.6 Å². The lowest BCUT2D eigenvalue weighted by Gasteiger charge is -2.08. The minimum atomic E-state index is -0.790. The first-order valence-electron chi connectivity index (χ1n) is 4.30. The Kier molecular flexibility index (Phi) is 4.59. The molecule has 0 radical (unpaired) electrons. The molecule has 0 unspecified atom stereocenters. The highest BCUT2D eigenvalue weighted by Crippen LogP contribution is 2.40. The number of phenols is 1. The lowest BCUT2D eigenvalue weighted by atomic mass is 10.2. The summed E-state index contributed by atoms with van der Waals surface area (Å²) in [5.74, 6) is 0.110. The molecule has 0 aromatic heterocycles. The summed E-state index contributed by atoms with van der Waals surface area (Å²) in [5, 5.41) is 13.4. The number of nitrogens with one attached hydrogen (secondary N) is 1. The van der Waals surface area contributed by atoms with E-state index in [1.54, 1.807) is 0 Å². The van der Waals surface area contributed by atoms with Crippen LogP contribution in [0.15, 0.2) is 15.6 Å². The van der Waals surface area contributed by atoms with Gasteiger partial charge in [0, 0.05) is 5.56 Å². The van der Waals surface area contributed by atoms with Gasteiger partial charge in [-0.05, 0) is 22.0 Å². The van der Waals surface area contributed by atoms with Crippen LogP contribution in [0.1, 0.15) is 5.56 Å². The predicted molar refractivity (Wildman–Crippen MR) is 67.7 cm³/mol. The van der Waals surface area contributed by atoms with Crippen molar-refractivity contribution in [3.05, 3.63) is 21.1 Å². The molecule has 1 aromatic rings. The molecule has 0 saturated heterocycles. The van der Waals surface area contributed by atoms with Gasteiger partial charge < -0.3 is 15.6 Å². The molecular formula is C9H9BrClN3O3. The molecule has 0 bridgehead atoms. The number of carbonyl (C=O) groups excluding carboxylic acids is 1. The van der Waals surface area contributed by atoms with Crippen LogP contribution in [0.5, 0.6) is 11.5 Å². The molecule has 17 heavy (non-hydrogen) atoms. The van der Waals surface area contributed by atoms with E-state index in [1.807, 2.05) is 5.43 Å². The van der Waals surface area contributed by atoms with E-state index in [2.05, 4.69) is 21.0 Å². The number of nitrogens with zero attached hydrogens (tertiary/aromatic N) is 1. The maximum Gasteiger partial charge on any atom is 0.332 e. The number of hydrogen-bond donors (Lipinski definition) is 3. The van der Waals surface area contributed by atoms with Crippen molar-refractivity contribution in [2.75, 3.05) is 7.11 Å². The molecule has 0 aliphatic rings. The SMILES string of the molecule is COc1cc(/C=N/NC(N)=O)c(Cl)c(Br)c1O. The van der Waals surface area contributed by atoms with Crippen molar-refractivity contribution in [3.8, 4) is 11.5 Å². The van der Waals surface area contributed by atoms with Gasteiger partial charge in [-0.3, -0.25) is 0 Å². The number of aromatic hydroxyl groups is 1. The van der Waals surface area contributed by atoms with Crippen molar-refractivity contribution in [3.63, 3.8) is 0 Å². The smallest absolute Gasteiger partial charge is 0.332 e. The maximum absolute atomic E-state index is 10.4. The molecule has 6 nitrogen and oxygen atoms in total. The summed E-state index contributed by atoms with van der Waals surface area (Å²) in [6.07, 6.45) is 1.28. The Hall–Kier alpha value is -1.47. The van der Waals surface area contributed by atoms with Crippen LogP contribution in [0, 0.1) is 0 Å². The molecular weight excluding hydrogens is 313 g/mol. The molecule has 0 saturated carbocycles. The summed E-state index contributed by atoms with van der Waals surface area (Å²) in [5.41, 5.74) is 7.30. The van der Waals surface area contributed by atoms with E-state index in [4.69, 9.17) is 22.1 Å². The minimum absolute atomic E-state index is 0.113. The number of halogens is 2. The zero-order valence-electron chi connectivity index (χ0n) is 8.70. The van der Waals surface area contributed by atoms with Crippen LogP contribution in [-0.2, 0) is 0 Å². The Morgan fingerprint density at radius 3 is 2.94 bits per heavy atom. The zero-order chi connectivity index (χ0) is 13.0. The van der Waals surface area contributed by atoms with Crippen molar-refractivity contribution in [1.29, 1.82) is 0 Å². The van der Waals surface area contributed by atoms with Crippen LogP contribution >= 0.6 is 27.5 Å². The van der Waals surface area contributed by atoms with Crippen LogP contribution in [0.4, 0.5) is 4.79 Å². The van der Waals surface area contributed by atoms with Crippen LogP contribution in [0.25, 0.3) is 0 Å². The number of hydrazone groups is 1. The van der Waals surface area contributed by atoms with Gasteiger partial charge in [0.25, 0.3) is 0 Å². The van der Waals surface area contributed by atoms with E-state index in [9.17, 15) is 9.90 Å². The van der Waals surface area contributed by atoms with E-state index in [0.717, 1.165) is 0 Å². The van der Waals surface area contributed by atoms with E-state index in [0.29, 0.717) is 5.56 Å². The Labute approximate surface area is 111 Å². The largest absolute Gasteiger partial charge is 0.503 e. The first-order valence-corrected chi connectivity index (χ1v) is 5.48. The standard InChI is InChI=1S/C9H9BrClN3O3/c1-17-5-2-4(3-13-14-9(12)16)7(11)6(10)8(5)15/h2-3,15H,1H3,(H3,12,14,16)/b13-3+. The Morgan fingerprint density at radius 2 is 2.41 bits per heavy atom. The van der Waals surface area contributed by atoms with E-state index in [-0.39, 0.29) is 21.0 Å². The third kappa shape index (κ3) is 3.24. The second-order valence-electron chi connectivity index (χ2n) is 2.88. The van der Waals surface area contributed by atoms with Gasteiger partial charge >= 0.3 is 6.03 Å². The van der Waals surface area contributed by atoms with Crippen molar-refractivity contribution >= 4 is 39.8 Å². The van der Waals surface area contributed by atoms with Gasteiger partial charge in [-0.2, -0.15) is 5.10 Å². The number of urea groups is 1. The number of hydrogen-bond acceptors (Lipinski definition) is 4. The molecule has 0 heterocycles. The van der Waals surface area contributed by atoms with Crippen LogP contribution in [-0.4, -0.2) is 24.5 Å². The van der Waals surface area contributed by atoms with Gasteiger partial charge in [0.15, 0.2) is 11.5 Å². The van der Waals surface area contributed by atoms with Crippen molar-refractivity contribution in [2.45, 2.75) is 0 Å². The number of methoxy groups -OCH3 is 1. The van der Waals surface area contributed by atoms with Gasteiger partial charge in [-0.15, -0.1) is 0 Å². The molecule has 8 heteroatoms. The fourth-order valence-corrected chi connectivity index (χ4v) is 1.64. The monoisotopic (exact) mass is 321 g/mol. The lowest BCUT2D eigenvalue weighted by molar-refractivity contribution is 0.249. The summed E-state index contributed by atoms with van der Waals surface area (Å²) in [7, 11) is 1.40. The maximum atomic E-state index is 10.4. The fourth-order valence-electron chi connectivity index (χ4n) is 1.03. The highest BCUT2D eigenvalue weighted by Gasteiger charge is 2.13. The summed E-state index contributed by atoms with van der Waals surface area (Å²) in [4.78, 5) is 10.4. The quantitative estimate of drug-likeness (QED) is 0.585. The van der Waals surface area contributed by atoms with Crippen molar-refractivity contribution in [1.82, 2.24) is 5.43 Å². The number of benzene rings is 1. The van der Waals surface area contributed by atoms with Crippen LogP contribution in [0.3, 0.4) is 0 Å². The highest BCUT2D eigenvalue weighted by molar-refractivity contribution is 9.10. The summed E-state index contributed by atoms with van der Waals surface area (Å²) >= 11 is 9.05. The zero-order valence-corrected chi connectivity index (χ0v) is 11.0. The number of phenolic OH excluding ortho intramolecular Hbond substituents is 1. The molecule has 0 aliphatic carbocycles. The molecule has 0 aliphatic heterocycles. The summed E-state index contributed by atoms with van der Waals surface area (Å²) < 4.78 is 5.21. The second kappa shape index (κ2) is 5.74. The number of ether oxygens (including phenoxy) is 1. The normalized spacial score (nSPS) is 10.5. The van der Waals surface area contributed by atoms with Crippen LogP contribution in [0.2, 0.25) is 5.02 Å². The van der Waals surface area contributed by atoms with E-state index < -0.39 is 6.03 Å². The second-order valence-corrected chi connectivity index (χ2v) is 4.05. The molecule has 0 atom stereocenters. The van der Waals surface area contributed by atoms with Gasteiger partial charge in [0.05, 0.1) is 22.8 Å². The van der Waals surface area contributed by atoms with E-state index >= 15 is 0 Å². The average Bonchev–Trinajstić information content (AvgIpc) is 2.29. The molecule has 0 spiro atoms. The third-order valence-electron chi connectivity index (χ3n) is 1.77. The number of nitrogens with two attached hydrogens (primary N) is 1. The Bertz CT molecular complexity index is 479. The average molecular weight is 323 g/mol. The molecule has 4 N–H and O–H groups in total. The van der Waals surface area contributed by atoms with Gasteiger partial charge in [0.2, 0.25) is 0 Å². The predicted octanol–water partition coefficient (Wildman–Crippen LogP) is 1.82. The third-order valence-corrected chi connectivity index (χ3v) is 3.18. The number of amides is 2. The Balaban J connectivity index is 3.12. The van der Waals surface area contributed by atoms with E-state index in [1.165, 1.54) is 19.4 Å².